The van der Waals surface area contributed by atoms with Crippen molar-refractivity contribution in [3.63, 3.8) is 0 Å². The highest BCUT2D eigenvalue weighted by atomic mass is 32.2. The van der Waals surface area contributed by atoms with E-state index in [1.54, 1.807) is 30.3 Å². The lowest BCUT2D eigenvalue weighted by atomic mass is 10.1. The van der Waals surface area contributed by atoms with Crippen LogP contribution < -0.4 is 10.0 Å². The molecule has 0 spiro atoms. The van der Waals surface area contributed by atoms with E-state index in [4.69, 9.17) is 0 Å². The van der Waals surface area contributed by atoms with Crippen LogP contribution in [0.5, 0.6) is 0 Å². The number of nitrogens with one attached hydrogen (secondary N) is 2. The largest absolute Gasteiger partial charge is 0.339 e. The number of aryl methyl sites for hydroxylation is 2. The van der Waals surface area contributed by atoms with E-state index < -0.39 is 10.0 Å². The first-order valence-electron chi connectivity index (χ1n) is 8.11. The molecule has 1 heterocycles. The van der Waals surface area contributed by atoms with Gasteiger partial charge in [-0.3, -0.25) is 4.72 Å². The summed E-state index contributed by atoms with van der Waals surface area (Å²) in [5.74, 6) is 0.704. The Morgan fingerprint density at radius 1 is 0.846 bits per heavy atom. The van der Waals surface area contributed by atoms with Crippen LogP contribution in [0.25, 0.3) is 0 Å². The molecule has 6 nitrogen and oxygen atoms in total. The first-order valence-corrected chi connectivity index (χ1v) is 9.60. The average Bonchev–Trinajstić information content (AvgIpc) is 2.60. The molecular formula is C19H20N4O2S. The molecule has 3 rings (SSSR count). The van der Waals surface area contributed by atoms with Crippen molar-refractivity contribution >= 4 is 27.3 Å². The number of aromatic nitrogens is 2. The molecule has 0 amide bonds. The van der Waals surface area contributed by atoms with Gasteiger partial charge in [-0.15, -0.1) is 10.2 Å². The topological polar surface area (TPSA) is 84.0 Å². The molecule has 2 N–H and O–H groups in total. The van der Waals surface area contributed by atoms with Gasteiger partial charge in [-0.2, -0.15) is 0 Å². The Morgan fingerprint density at radius 2 is 1.54 bits per heavy atom. The first-order chi connectivity index (χ1) is 12.3. The standard InChI is InChI=1S/C19H20N4O2S/c1-13-6-4-8-16(12-13)26(24,25)23-19-11-10-18(21-22-19)20-17-9-5-7-14(2)15(17)3/h4-12H,1-3H3,(H,20,21)(H,22,23). The molecule has 134 valence electrons. The average molecular weight is 368 g/mol. The third-order valence-corrected chi connectivity index (χ3v) is 5.42. The van der Waals surface area contributed by atoms with E-state index in [2.05, 4.69) is 20.2 Å². The highest BCUT2D eigenvalue weighted by Crippen LogP contribution is 2.22. The molecule has 1 aromatic heterocycles. The van der Waals surface area contributed by atoms with Crippen LogP contribution in [0.4, 0.5) is 17.3 Å². The molecule has 2 aromatic carbocycles. The number of anilines is 3. The van der Waals surface area contributed by atoms with E-state index in [9.17, 15) is 8.42 Å². The van der Waals surface area contributed by atoms with Gasteiger partial charge >= 0.3 is 0 Å². The van der Waals surface area contributed by atoms with Crippen LogP contribution >= 0.6 is 0 Å². The minimum Gasteiger partial charge on any atom is -0.339 e. The van der Waals surface area contributed by atoms with Crippen molar-refractivity contribution in [2.45, 2.75) is 25.7 Å². The molecule has 0 radical (unpaired) electrons. The van der Waals surface area contributed by atoms with Gasteiger partial charge in [0.05, 0.1) is 4.90 Å². The van der Waals surface area contributed by atoms with Crippen LogP contribution in [-0.2, 0) is 10.0 Å². The quantitative estimate of drug-likeness (QED) is 0.712. The van der Waals surface area contributed by atoms with Gasteiger partial charge in [0.2, 0.25) is 0 Å². The van der Waals surface area contributed by atoms with Crippen molar-refractivity contribution in [3.8, 4) is 0 Å². The zero-order valence-electron chi connectivity index (χ0n) is 14.8. The number of sulfonamides is 1. The number of rotatable bonds is 5. The van der Waals surface area contributed by atoms with Gasteiger partial charge in [-0.05, 0) is 67.8 Å². The molecule has 0 saturated heterocycles. The van der Waals surface area contributed by atoms with Crippen LogP contribution in [0.2, 0.25) is 0 Å². The number of benzene rings is 2. The fourth-order valence-corrected chi connectivity index (χ4v) is 3.56. The van der Waals surface area contributed by atoms with E-state index in [1.165, 1.54) is 5.56 Å². The summed E-state index contributed by atoms with van der Waals surface area (Å²) in [6.07, 6.45) is 0. The lowest BCUT2D eigenvalue weighted by molar-refractivity contribution is 0.601. The smallest absolute Gasteiger partial charge is 0.263 e. The van der Waals surface area contributed by atoms with E-state index in [0.717, 1.165) is 16.8 Å². The lowest BCUT2D eigenvalue weighted by Gasteiger charge is -2.11. The summed E-state index contributed by atoms with van der Waals surface area (Å²) in [6, 6.07) is 15.9. The molecule has 0 aliphatic carbocycles. The minimum absolute atomic E-state index is 0.165. The van der Waals surface area contributed by atoms with Crippen LogP contribution in [-0.4, -0.2) is 18.6 Å². The molecule has 0 atom stereocenters. The molecule has 3 aromatic rings. The van der Waals surface area contributed by atoms with Crippen LogP contribution in [0.1, 0.15) is 16.7 Å². The van der Waals surface area contributed by atoms with Crippen LogP contribution in [0.3, 0.4) is 0 Å². The van der Waals surface area contributed by atoms with E-state index >= 15 is 0 Å². The lowest BCUT2D eigenvalue weighted by Crippen LogP contribution is -2.14. The molecule has 0 aliphatic rings. The summed E-state index contributed by atoms with van der Waals surface area (Å²) < 4.78 is 27.3. The highest BCUT2D eigenvalue weighted by molar-refractivity contribution is 7.92. The molecule has 0 unspecified atom stereocenters. The van der Waals surface area contributed by atoms with Gasteiger partial charge in [-0.25, -0.2) is 8.42 Å². The van der Waals surface area contributed by atoms with Gasteiger partial charge in [0.1, 0.15) is 0 Å². The maximum absolute atomic E-state index is 12.4. The molecule has 0 aliphatic heterocycles. The van der Waals surface area contributed by atoms with Crippen LogP contribution in [0.15, 0.2) is 59.5 Å². The number of hydrogen-bond acceptors (Lipinski definition) is 5. The Labute approximate surface area is 153 Å². The Morgan fingerprint density at radius 3 is 2.23 bits per heavy atom. The number of nitrogens with zero attached hydrogens (tertiary/aromatic N) is 2. The Hall–Kier alpha value is -2.93. The molecule has 0 saturated carbocycles. The zero-order valence-corrected chi connectivity index (χ0v) is 15.6. The van der Waals surface area contributed by atoms with Crippen molar-refractivity contribution in [2.75, 3.05) is 10.0 Å². The summed E-state index contributed by atoms with van der Waals surface area (Å²) in [4.78, 5) is 0.192. The number of hydrogen-bond donors (Lipinski definition) is 2. The third-order valence-electron chi connectivity index (χ3n) is 4.07. The summed E-state index contributed by atoms with van der Waals surface area (Å²) >= 11 is 0. The Bertz CT molecular complexity index is 1030. The van der Waals surface area contributed by atoms with Crippen molar-refractivity contribution in [3.05, 3.63) is 71.3 Å². The van der Waals surface area contributed by atoms with Gasteiger partial charge in [-0.1, -0.05) is 24.3 Å². The molecule has 7 heteroatoms. The van der Waals surface area contributed by atoms with Crippen LogP contribution in [0, 0.1) is 20.8 Å². The van der Waals surface area contributed by atoms with Gasteiger partial charge in [0.15, 0.2) is 11.6 Å². The highest BCUT2D eigenvalue weighted by Gasteiger charge is 2.15. The predicted octanol–water partition coefficient (Wildman–Crippen LogP) is 3.95. The fraction of sp³-hybridized carbons (Fsp3) is 0.158. The Kier molecular flexibility index (Phi) is 4.90. The van der Waals surface area contributed by atoms with E-state index in [1.807, 2.05) is 45.0 Å². The third kappa shape index (κ3) is 4.00. The van der Waals surface area contributed by atoms with Gasteiger partial charge in [0.25, 0.3) is 10.0 Å². The van der Waals surface area contributed by atoms with E-state index in [0.29, 0.717) is 5.82 Å². The van der Waals surface area contributed by atoms with Crippen molar-refractivity contribution < 1.29 is 8.42 Å². The minimum atomic E-state index is -3.69. The summed E-state index contributed by atoms with van der Waals surface area (Å²) in [7, 11) is -3.69. The second kappa shape index (κ2) is 7.13. The van der Waals surface area contributed by atoms with Gasteiger partial charge < -0.3 is 5.32 Å². The predicted molar refractivity (Wildman–Crippen MR) is 103 cm³/mol. The second-order valence-electron chi connectivity index (χ2n) is 6.10. The maximum atomic E-state index is 12.4. The summed E-state index contributed by atoms with van der Waals surface area (Å²) in [6.45, 7) is 5.90. The first kappa shape index (κ1) is 17.9. The summed E-state index contributed by atoms with van der Waals surface area (Å²) in [5, 5.41) is 11.2. The van der Waals surface area contributed by atoms with Gasteiger partial charge in [0, 0.05) is 5.69 Å². The van der Waals surface area contributed by atoms with E-state index in [-0.39, 0.29) is 10.7 Å². The Balaban J connectivity index is 1.76. The zero-order chi connectivity index (χ0) is 18.7. The normalized spacial score (nSPS) is 11.2. The molecule has 26 heavy (non-hydrogen) atoms. The molecule has 0 bridgehead atoms. The van der Waals surface area contributed by atoms with Crippen molar-refractivity contribution in [1.29, 1.82) is 0 Å². The second-order valence-corrected chi connectivity index (χ2v) is 7.78. The summed E-state index contributed by atoms with van der Waals surface area (Å²) in [5.41, 5.74) is 4.10. The molecular weight excluding hydrogens is 348 g/mol. The molecule has 0 fully saturated rings. The SMILES string of the molecule is Cc1cccc(S(=O)(=O)Nc2ccc(Nc3cccc(C)c3C)nn2)c1. The van der Waals surface area contributed by atoms with Crippen molar-refractivity contribution in [2.24, 2.45) is 0 Å². The fourth-order valence-electron chi connectivity index (χ4n) is 2.46. The van der Waals surface area contributed by atoms with Crippen molar-refractivity contribution in [1.82, 2.24) is 10.2 Å². The maximum Gasteiger partial charge on any atom is 0.263 e. The monoisotopic (exact) mass is 368 g/mol.